The first-order valence-electron chi connectivity index (χ1n) is 3.63. The van der Waals surface area contributed by atoms with E-state index in [1.165, 1.54) is 0 Å². The van der Waals surface area contributed by atoms with Crippen LogP contribution in [-0.2, 0) is 4.79 Å². The van der Waals surface area contributed by atoms with Gasteiger partial charge in [-0.25, -0.2) is 4.79 Å². The number of halogens is 1. The molecule has 1 atom stereocenters. The summed E-state index contributed by atoms with van der Waals surface area (Å²) in [6.07, 6.45) is -0.978. The number of fused-ring (bicyclic) bond motifs is 1. The zero-order chi connectivity index (χ0) is 9.42. The molecule has 68 valence electrons. The van der Waals surface area contributed by atoms with Gasteiger partial charge < -0.3 is 15.2 Å². The van der Waals surface area contributed by atoms with Gasteiger partial charge >= 0.3 is 5.97 Å². The van der Waals surface area contributed by atoms with Crippen molar-refractivity contribution in [2.75, 3.05) is 5.32 Å². The molecule has 0 saturated heterocycles. The minimum absolute atomic E-state index is 0.551. The monoisotopic (exact) mass is 243 g/mol. The van der Waals surface area contributed by atoms with E-state index in [0.29, 0.717) is 11.4 Å². The number of rotatable bonds is 1. The van der Waals surface area contributed by atoms with Crippen LogP contribution in [0.15, 0.2) is 22.7 Å². The Bertz CT molecular complexity index is 366. The summed E-state index contributed by atoms with van der Waals surface area (Å²) < 4.78 is 5.89. The molecule has 0 spiro atoms. The molecule has 0 radical (unpaired) electrons. The number of carboxylic acids is 1. The number of hydrogen-bond donors (Lipinski definition) is 2. The lowest BCUT2D eigenvalue weighted by molar-refractivity contribution is -0.143. The van der Waals surface area contributed by atoms with Crippen LogP contribution in [-0.4, -0.2) is 17.3 Å². The summed E-state index contributed by atoms with van der Waals surface area (Å²) in [4.78, 5) is 10.6. The Morgan fingerprint density at radius 2 is 2.38 bits per heavy atom. The fourth-order valence-electron chi connectivity index (χ4n) is 1.14. The van der Waals surface area contributed by atoms with Gasteiger partial charge in [0.1, 0.15) is 0 Å². The molecule has 0 saturated carbocycles. The number of ether oxygens (including phenoxy) is 1. The van der Waals surface area contributed by atoms with Crippen LogP contribution in [0.25, 0.3) is 0 Å². The standard InChI is InChI=1S/C8H6BrNO3/c9-4-2-1-3-5-6(4)13-7(10-5)8(11)12/h1-3,7,10H,(H,11,12)/t7-/m0/s1. The van der Waals surface area contributed by atoms with Crippen LogP contribution in [0.1, 0.15) is 0 Å². The third-order valence-corrected chi connectivity index (χ3v) is 2.34. The number of carboxylic acid groups (broad SMARTS) is 1. The van der Waals surface area contributed by atoms with Crippen LogP contribution in [0.2, 0.25) is 0 Å². The molecular weight excluding hydrogens is 238 g/mol. The normalized spacial score (nSPS) is 18.7. The SMILES string of the molecule is O=C(O)[C@H]1Nc2cccc(Br)c2O1. The molecular formula is C8H6BrNO3. The van der Waals surface area contributed by atoms with Gasteiger partial charge in [0.15, 0.2) is 5.75 Å². The lowest BCUT2D eigenvalue weighted by Gasteiger charge is -2.03. The Morgan fingerprint density at radius 3 is 3.00 bits per heavy atom. The molecule has 13 heavy (non-hydrogen) atoms. The van der Waals surface area contributed by atoms with Crippen LogP contribution in [0.5, 0.6) is 5.75 Å². The molecule has 0 bridgehead atoms. The van der Waals surface area contributed by atoms with Crippen molar-refractivity contribution in [2.45, 2.75) is 6.23 Å². The van der Waals surface area contributed by atoms with E-state index in [2.05, 4.69) is 21.2 Å². The van der Waals surface area contributed by atoms with Crippen molar-refractivity contribution in [1.82, 2.24) is 0 Å². The van der Waals surface area contributed by atoms with Crippen molar-refractivity contribution in [3.63, 3.8) is 0 Å². The predicted molar refractivity (Wildman–Crippen MR) is 49.8 cm³/mol. The van der Waals surface area contributed by atoms with Gasteiger partial charge in [-0.15, -0.1) is 0 Å². The van der Waals surface area contributed by atoms with E-state index in [9.17, 15) is 4.79 Å². The number of benzene rings is 1. The molecule has 1 aromatic rings. The molecule has 0 unspecified atom stereocenters. The number of anilines is 1. The molecule has 2 N–H and O–H groups in total. The highest BCUT2D eigenvalue weighted by Crippen LogP contribution is 2.38. The molecule has 1 aliphatic rings. The zero-order valence-corrected chi connectivity index (χ0v) is 8.04. The Kier molecular flexibility index (Phi) is 1.88. The lowest BCUT2D eigenvalue weighted by Crippen LogP contribution is -2.30. The van der Waals surface area contributed by atoms with E-state index >= 15 is 0 Å². The largest absolute Gasteiger partial charge is 0.477 e. The van der Waals surface area contributed by atoms with Gasteiger partial charge in [-0.1, -0.05) is 6.07 Å². The average molecular weight is 244 g/mol. The fraction of sp³-hybridized carbons (Fsp3) is 0.125. The first kappa shape index (κ1) is 8.37. The van der Waals surface area contributed by atoms with Gasteiger partial charge in [0.25, 0.3) is 6.23 Å². The van der Waals surface area contributed by atoms with Gasteiger partial charge in [-0.05, 0) is 28.1 Å². The molecule has 4 nitrogen and oxygen atoms in total. The van der Waals surface area contributed by atoms with E-state index in [-0.39, 0.29) is 0 Å². The highest BCUT2D eigenvalue weighted by atomic mass is 79.9. The summed E-state index contributed by atoms with van der Waals surface area (Å²) in [6, 6.07) is 5.37. The molecule has 0 fully saturated rings. The number of carbonyl (C=O) groups is 1. The second-order valence-corrected chi connectivity index (χ2v) is 3.45. The molecule has 1 aliphatic heterocycles. The maximum atomic E-state index is 10.6. The van der Waals surface area contributed by atoms with E-state index in [1.54, 1.807) is 12.1 Å². The van der Waals surface area contributed by atoms with Gasteiger partial charge in [-0.3, -0.25) is 0 Å². The lowest BCUT2D eigenvalue weighted by atomic mass is 10.3. The summed E-state index contributed by atoms with van der Waals surface area (Å²) in [7, 11) is 0. The van der Waals surface area contributed by atoms with Gasteiger partial charge in [0.05, 0.1) is 10.2 Å². The van der Waals surface area contributed by atoms with Crippen molar-refractivity contribution in [3.8, 4) is 5.75 Å². The molecule has 5 heteroatoms. The summed E-state index contributed by atoms with van der Waals surface area (Å²) in [5, 5.41) is 11.4. The van der Waals surface area contributed by atoms with Crippen LogP contribution >= 0.6 is 15.9 Å². The maximum absolute atomic E-state index is 10.6. The van der Waals surface area contributed by atoms with Gasteiger partial charge in [-0.2, -0.15) is 0 Å². The smallest absolute Gasteiger partial charge is 0.366 e. The van der Waals surface area contributed by atoms with Gasteiger partial charge in [0.2, 0.25) is 0 Å². The molecule has 0 aromatic heterocycles. The number of nitrogens with one attached hydrogen (secondary N) is 1. The Morgan fingerprint density at radius 1 is 1.62 bits per heavy atom. The van der Waals surface area contributed by atoms with Crippen molar-refractivity contribution in [3.05, 3.63) is 22.7 Å². The highest BCUT2D eigenvalue weighted by molar-refractivity contribution is 9.10. The van der Waals surface area contributed by atoms with Crippen LogP contribution < -0.4 is 10.1 Å². The Hall–Kier alpha value is -1.23. The topological polar surface area (TPSA) is 58.6 Å². The third-order valence-electron chi connectivity index (χ3n) is 1.71. The van der Waals surface area contributed by atoms with Crippen molar-refractivity contribution < 1.29 is 14.6 Å². The first-order valence-corrected chi connectivity index (χ1v) is 4.42. The number of hydrogen-bond acceptors (Lipinski definition) is 3. The van der Waals surface area contributed by atoms with E-state index in [4.69, 9.17) is 9.84 Å². The zero-order valence-electron chi connectivity index (χ0n) is 6.45. The fourth-order valence-corrected chi connectivity index (χ4v) is 1.60. The maximum Gasteiger partial charge on any atom is 0.366 e. The molecule has 0 amide bonds. The van der Waals surface area contributed by atoms with Crippen molar-refractivity contribution >= 4 is 27.6 Å². The van der Waals surface area contributed by atoms with Gasteiger partial charge in [0, 0.05) is 0 Å². The average Bonchev–Trinajstić information content (AvgIpc) is 2.49. The summed E-state index contributed by atoms with van der Waals surface area (Å²) >= 11 is 3.27. The second kappa shape index (κ2) is 2.92. The van der Waals surface area contributed by atoms with E-state index < -0.39 is 12.2 Å². The third kappa shape index (κ3) is 1.35. The quantitative estimate of drug-likeness (QED) is 0.788. The van der Waals surface area contributed by atoms with E-state index in [0.717, 1.165) is 4.47 Å². The van der Waals surface area contributed by atoms with Crippen LogP contribution in [0.4, 0.5) is 5.69 Å². The van der Waals surface area contributed by atoms with Crippen molar-refractivity contribution in [1.29, 1.82) is 0 Å². The molecule has 1 aromatic carbocycles. The Balaban J connectivity index is 2.35. The molecule has 0 aliphatic carbocycles. The minimum atomic E-state index is -1.02. The van der Waals surface area contributed by atoms with Crippen LogP contribution in [0.3, 0.4) is 0 Å². The van der Waals surface area contributed by atoms with Crippen molar-refractivity contribution in [2.24, 2.45) is 0 Å². The highest BCUT2D eigenvalue weighted by Gasteiger charge is 2.28. The Labute approximate surface area is 82.6 Å². The van der Waals surface area contributed by atoms with E-state index in [1.807, 2.05) is 6.07 Å². The number of para-hydroxylation sites is 1. The van der Waals surface area contributed by atoms with Crippen LogP contribution in [0, 0.1) is 0 Å². The molecule has 1 heterocycles. The summed E-state index contributed by atoms with van der Waals surface area (Å²) in [5.74, 6) is -0.474. The first-order chi connectivity index (χ1) is 6.18. The predicted octanol–water partition coefficient (Wildman–Crippen LogP) is 1.66. The second-order valence-electron chi connectivity index (χ2n) is 2.60. The number of aliphatic carboxylic acids is 1. The summed E-state index contributed by atoms with van der Waals surface area (Å²) in [5.41, 5.74) is 0.696. The summed E-state index contributed by atoms with van der Waals surface area (Å²) in [6.45, 7) is 0. The minimum Gasteiger partial charge on any atom is -0.477 e. The molecule has 2 rings (SSSR count).